The minimum Gasteiger partial charge on any atom is -0.370 e. The largest absolute Gasteiger partial charge is 0.418 e. The molecule has 0 bridgehead atoms. The van der Waals surface area contributed by atoms with Gasteiger partial charge in [0.15, 0.2) is 5.96 Å². The summed E-state index contributed by atoms with van der Waals surface area (Å²) in [6.07, 6.45) is -4.32. The zero-order valence-corrected chi connectivity index (χ0v) is 13.9. The van der Waals surface area contributed by atoms with E-state index < -0.39 is 46.4 Å². The van der Waals surface area contributed by atoms with Crippen molar-refractivity contribution in [3.63, 3.8) is 0 Å². The number of amides is 1. The second-order valence-electron chi connectivity index (χ2n) is 5.74. The van der Waals surface area contributed by atoms with Crippen LogP contribution in [-0.4, -0.2) is 16.9 Å². The van der Waals surface area contributed by atoms with Crippen LogP contribution < -0.4 is 11.5 Å². The molecule has 3 aromatic rings. The number of benzene rings is 2. The lowest BCUT2D eigenvalue weighted by Gasteiger charge is -2.16. The van der Waals surface area contributed by atoms with Crippen LogP contribution in [0, 0.1) is 11.6 Å². The fourth-order valence-electron chi connectivity index (χ4n) is 2.70. The van der Waals surface area contributed by atoms with Crippen LogP contribution in [0.15, 0.2) is 47.6 Å². The number of hydrogen-bond acceptors (Lipinski definition) is 2. The molecular weight excluding hydrogens is 383 g/mol. The Morgan fingerprint density at radius 1 is 1.04 bits per heavy atom. The molecule has 0 spiro atoms. The maximum Gasteiger partial charge on any atom is 0.418 e. The second-order valence-corrected chi connectivity index (χ2v) is 5.74. The molecule has 3 rings (SSSR count). The molecular formula is C18H11F5N4O. The van der Waals surface area contributed by atoms with E-state index in [-0.39, 0.29) is 16.5 Å². The Morgan fingerprint density at radius 2 is 1.75 bits per heavy atom. The number of nitrogens with zero attached hydrogens (tertiary/aromatic N) is 2. The molecule has 0 atom stereocenters. The standard InChI is InChI=1S/C18H11F5N4O/c19-9-2-3-10(13(20)6-9)15-11-5-8(16(28)27-17(24)25)1-4-14(11)26-7-12(15)18(21,22)23/h1-7H,(H4,24,25,27,28). The van der Waals surface area contributed by atoms with Crippen LogP contribution in [0.3, 0.4) is 0 Å². The molecule has 28 heavy (non-hydrogen) atoms. The highest BCUT2D eigenvalue weighted by Crippen LogP contribution is 2.41. The van der Waals surface area contributed by atoms with Gasteiger partial charge in [-0.25, -0.2) is 8.78 Å². The van der Waals surface area contributed by atoms with Crippen LogP contribution in [-0.2, 0) is 6.18 Å². The number of halogens is 5. The molecule has 0 saturated heterocycles. The van der Waals surface area contributed by atoms with Gasteiger partial charge < -0.3 is 11.5 Å². The summed E-state index contributed by atoms with van der Waals surface area (Å²) in [5.74, 6) is -3.57. The normalized spacial score (nSPS) is 11.5. The molecule has 0 radical (unpaired) electrons. The van der Waals surface area contributed by atoms with E-state index in [1.807, 2.05) is 0 Å². The highest BCUT2D eigenvalue weighted by Gasteiger charge is 2.36. The minimum atomic E-state index is -4.88. The van der Waals surface area contributed by atoms with E-state index in [1.165, 1.54) is 12.1 Å². The number of pyridine rings is 1. The lowest BCUT2D eigenvalue weighted by molar-refractivity contribution is -0.137. The molecule has 0 aliphatic rings. The fourth-order valence-corrected chi connectivity index (χ4v) is 2.70. The van der Waals surface area contributed by atoms with Gasteiger partial charge in [0.2, 0.25) is 0 Å². The summed E-state index contributed by atoms with van der Waals surface area (Å²) in [4.78, 5) is 19.1. The van der Waals surface area contributed by atoms with Gasteiger partial charge in [-0.2, -0.15) is 18.2 Å². The van der Waals surface area contributed by atoms with E-state index in [2.05, 4.69) is 9.98 Å². The first kappa shape index (κ1) is 19.2. The molecule has 1 aromatic heterocycles. The predicted molar refractivity (Wildman–Crippen MR) is 92.2 cm³/mol. The monoisotopic (exact) mass is 394 g/mol. The van der Waals surface area contributed by atoms with Crippen molar-refractivity contribution in [2.45, 2.75) is 6.18 Å². The number of carbonyl (C=O) groups is 1. The number of guanidine groups is 1. The zero-order chi connectivity index (χ0) is 20.6. The Morgan fingerprint density at radius 3 is 2.36 bits per heavy atom. The Kier molecular flexibility index (Phi) is 4.72. The van der Waals surface area contributed by atoms with Crippen LogP contribution in [0.5, 0.6) is 0 Å². The summed E-state index contributed by atoms with van der Waals surface area (Å²) in [7, 11) is 0. The summed E-state index contributed by atoms with van der Waals surface area (Å²) in [5, 5.41) is -0.169. The number of hydrogen-bond donors (Lipinski definition) is 2. The molecule has 2 aromatic carbocycles. The summed E-state index contributed by atoms with van der Waals surface area (Å²) in [6.45, 7) is 0. The van der Waals surface area contributed by atoms with E-state index in [9.17, 15) is 26.7 Å². The summed E-state index contributed by atoms with van der Waals surface area (Å²) < 4.78 is 68.2. The SMILES string of the molecule is NC(N)=NC(=O)c1ccc2ncc(C(F)(F)F)c(-c3ccc(F)cc3F)c2c1. The van der Waals surface area contributed by atoms with Crippen molar-refractivity contribution in [1.29, 1.82) is 0 Å². The Labute approximate surface area is 154 Å². The average Bonchev–Trinajstić information content (AvgIpc) is 2.59. The lowest BCUT2D eigenvalue weighted by atomic mass is 9.94. The van der Waals surface area contributed by atoms with E-state index in [0.29, 0.717) is 12.3 Å². The number of aromatic nitrogens is 1. The van der Waals surface area contributed by atoms with E-state index in [0.717, 1.165) is 18.2 Å². The molecule has 1 heterocycles. The molecule has 0 unspecified atom stereocenters. The third kappa shape index (κ3) is 3.61. The number of alkyl halides is 3. The van der Waals surface area contributed by atoms with Crippen molar-refractivity contribution in [2.24, 2.45) is 16.5 Å². The number of rotatable bonds is 2. The van der Waals surface area contributed by atoms with Crippen molar-refractivity contribution in [2.75, 3.05) is 0 Å². The van der Waals surface area contributed by atoms with Crippen molar-refractivity contribution in [3.05, 3.63) is 65.4 Å². The van der Waals surface area contributed by atoms with E-state index in [4.69, 9.17) is 11.5 Å². The van der Waals surface area contributed by atoms with Crippen LogP contribution in [0.4, 0.5) is 22.0 Å². The average molecular weight is 394 g/mol. The fraction of sp³-hybridized carbons (Fsp3) is 0.0556. The smallest absolute Gasteiger partial charge is 0.370 e. The molecule has 0 fully saturated rings. The van der Waals surface area contributed by atoms with Gasteiger partial charge in [-0.15, -0.1) is 0 Å². The molecule has 4 N–H and O–H groups in total. The highest BCUT2D eigenvalue weighted by atomic mass is 19.4. The number of fused-ring (bicyclic) bond motifs is 1. The quantitative estimate of drug-likeness (QED) is 0.394. The summed E-state index contributed by atoms with van der Waals surface area (Å²) >= 11 is 0. The van der Waals surface area contributed by atoms with Crippen molar-refractivity contribution in [1.82, 2.24) is 4.98 Å². The van der Waals surface area contributed by atoms with Crippen LogP contribution in [0.2, 0.25) is 0 Å². The van der Waals surface area contributed by atoms with Crippen molar-refractivity contribution in [3.8, 4) is 11.1 Å². The molecule has 10 heteroatoms. The Bertz CT molecular complexity index is 1120. The van der Waals surface area contributed by atoms with E-state index in [1.54, 1.807) is 0 Å². The second kappa shape index (κ2) is 6.87. The molecule has 144 valence electrons. The number of aliphatic imine (C=N–C) groups is 1. The highest BCUT2D eigenvalue weighted by molar-refractivity contribution is 6.06. The summed E-state index contributed by atoms with van der Waals surface area (Å²) in [6, 6.07) is 5.80. The minimum absolute atomic E-state index is 0.0629. The molecule has 0 aliphatic carbocycles. The molecule has 1 amide bonds. The maximum atomic E-state index is 14.3. The van der Waals surface area contributed by atoms with Crippen molar-refractivity contribution >= 4 is 22.8 Å². The first-order valence-electron chi connectivity index (χ1n) is 7.67. The Hall–Kier alpha value is -3.56. The van der Waals surface area contributed by atoms with Gasteiger partial charge in [0.05, 0.1) is 11.1 Å². The lowest BCUT2D eigenvalue weighted by Crippen LogP contribution is -2.24. The first-order chi connectivity index (χ1) is 13.1. The van der Waals surface area contributed by atoms with Gasteiger partial charge in [-0.3, -0.25) is 9.78 Å². The third-order valence-corrected chi connectivity index (χ3v) is 3.85. The van der Waals surface area contributed by atoms with Gasteiger partial charge in [0, 0.05) is 34.3 Å². The molecule has 5 nitrogen and oxygen atoms in total. The zero-order valence-electron chi connectivity index (χ0n) is 13.9. The van der Waals surface area contributed by atoms with Gasteiger partial charge in [0.1, 0.15) is 11.6 Å². The Balaban J connectivity index is 2.39. The number of carbonyl (C=O) groups excluding carboxylic acids is 1. The van der Waals surface area contributed by atoms with Crippen LogP contribution in [0.25, 0.3) is 22.0 Å². The topological polar surface area (TPSA) is 94.4 Å². The maximum absolute atomic E-state index is 14.3. The predicted octanol–water partition coefficient (Wildman–Crippen LogP) is 3.61. The number of nitrogens with two attached hydrogens (primary N) is 2. The van der Waals surface area contributed by atoms with E-state index >= 15 is 0 Å². The van der Waals surface area contributed by atoms with Gasteiger partial charge in [0.25, 0.3) is 5.91 Å². The van der Waals surface area contributed by atoms with Gasteiger partial charge in [-0.1, -0.05) is 0 Å². The molecule has 0 saturated carbocycles. The first-order valence-corrected chi connectivity index (χ1v) is 7.67. The van der Waals surface area contributed by atoms with Crippen LogP contribution >= 0.6 is 0 Å². The van der Waals surface area contributed by atoms with Gasteiger partial charge >= 0.3 is 6.18 Å². The molecule has 0 aliphatic heterocycles. The third-order valence-electron chi connectivity index (χ3n) is 3.85. The summed E-state index contributed by atoms with van der Waals surface area (Å²) in [5.41, 5.74) is 7.90. The van der Waals surface area contributed by atoms with Crippen LogP contribution in [0.1, 0.15) is 15.9 Å². The van der Waals surface area contributed by atoms with Crippen molar-refractivity contribution < 1.29 is 26.7 Å². The van der Waals surface area contributed by atoms with Gasteiger partial charge in [-0.05, 0) is 30.3 Å².